The van der Waals surface area contributed by atoms with Gasteiger partial charge in [0.25, 0.3) is 5.91 Å². The van der Waals surface area contributed by atoms with Crippen molar-refractivity contribution >= 4 is 44.8 Å². The summed E-state index contributed by atoms with van der Waals surface area (Å²) in [5, 5.41) is 1.77. The van der Waals surface area contributed by atoms with E-state index in [9.17, 15) is 9.59 Å². The Labute approximate surface area is 222 Å². The molecule has 2 aromatic carbocycles. The average Bonchev–Trinajstić information content (AvgIpc) is 3.43. The zero-order chi connectivity index (χ0) is 27.0. The van der Waals surface area contributed by atoms with Crippen LogP contribution in [0.1, 0.15) is 17.5 Å². The summed E-state index contributed by atoms with van der Waals surface area (Å²) < 4.78 is 10.6. The maximum Gasteiger partial charge on any atom is 0.254 e. The van der Waals surface area contributed by atoms with Crippen molar-refractivity contribution in [3.05, 3.63) is 72.1 Å². The monoisotopic (exact) mass is 513 g/mol. The summed E-state index contributed by atoms with van der Waals surface area (Å²) in [6.07, 6.45) is 4.76. The molecule has 1 aliphatic heterocycles. The van der Waals surface area contributed by atoms with Crippen LogP contribution in [-0.4, -0.2) is 78.2 Å². The van der Waals surface area contributed by atoms with Gasteiger partial charge in [0, 0.05) is 79.1 Å². The first-order chi connectivity index (χ1) is 18.3. The highest BCUT2D eigenvalue weighted by atomic mass is 16.5. The summed E-state index contributed by atoms with van der Waals surface area (Å²) in [6, 6.07) is 15.9. The molecule has 38 heavy (non-hydrogen) atoms. The van der Waals surface area contributed by atoms with Crippen LogP contribution in [0.15, 0.2) is 60.9 Å². The standard InChI is InChI=1S/C30H35N5O3/c1-32(2)17-20-13-14-34-19-24(22-10-6-7-11-25(22)34)28(30(37)33(3)4)27(29(31)36)23-18-35(15-16-38-20)26-12-8-5-9-21(23)26/h5-12,18-20H,13-17H2,1-4H3,(H2,31,36)/b28-27-/t20-/m0/s1. The second-order valence-corrected chi connectivity index (χ2v) is 10.4. The Kier molecular flexibility index (Phi) is 7.10. The molecule has 1 atom stereocenters. The van der Waals surface area contributed by atoms with Gasteiger partial charge in [-0.1, -0.05) is 36.4 Å². The van der Waals surface area contributed by atoms with Crippen molar-refractivity contribution in [3.8, 4) is 0 Å². The average molecular weight is 514 g/mol. The first-order valence-corrected chi connectivity index (χ1v) is 12.9. The molecule has 4 bridgehead atoms. The van der Waals surface area contributed by atoms with Crippen molar-refractivity contribution in [1.29, 1.82) is 0 Å². The van der Waals surface area contributed by atoms with Crippen LogP contribution in [0, 0.1) is 0 Å². The Bertz CT molecular complexity index is 1540. The predicted octanol–water partition coefficient (Wildman–Crippen LogP) is 3.43. The van der Waals surface area contributed by atoms with Crippen molar-refractivity contribution in [1.82, 2.24) is 18.9 Å². The van der Waals surface area contributed by atoms with Crippen molar-refractivity contribution in [2.75, 3.05) is 41.3 Å². The van der Waals surface area contributed by atoms with Gasteiger partial charge >= 0.3 is 0 Å². The van der Waals surface area contributed by atoms with Crippen LogP contribution in [-0.2, 0) is 27.4 Å². The molecule has 2 N–H and O–H groups in total. The van der Waals surface area contributed by atoms with Crippen LogP contribution >= 0.6 is 0 Å². The molecule has 0 unspecified atom stereocenters. The van der Waals surface area contributed by atoms with E-state index in [2.05, 4.69) is 28.1 Å². The van der Waals surface area contributed by atoms with Gasteiger partial charge in [-0.15, -0.1) is 0 Å². The molecule has 1 aliphatic rings. The number of fused-ring (bicyclic) bond motifs is 10. The van der Waals surface area contributed by atoms with Crippen LogP contribution in [0.3, 0.4) is 0 Å². The maximum absolute atomic E-state index is 13.8. The molecule has 0 saturated carbocycles. The highest BCUT2D eigenvalue weighted by molar-refractivity contribution is 6.41. The number of rotatable bonds is 4. The molecule has 8 heteroatoms. The summed E-state index contributed by atoms with van der Waals surface area (Å²) in [5.74, 6) is -0.899. The minimum atomic E-state index is -0.635. The molecule has 4 aromatic rings. The second kappa shape index (κ2) is 10.5. The lowest BCUT2D eigenvalue weighted by Crippen LogP contribution is -2.30. The number of aromatic nitrogens is 2. The summed E-state index contributed by atoms with van der Waals surface area (Å²) in [7, 11) is 7.51. The highest BCUT2D eigenvalue weighted by Crippen LogP contribution is 2.37. The van der Waals surface area contributed by atoms with Gasteiger partial charge in [-0.3, -0.25) is 9.59 Å². The topological polar surface area (TPSA) is 85.7 Å². The van der Waals surface area contributed by atoms with Gasteiger partial charge in [0.15, 0.2) is 0 Å². The van der Waals surface area contributed by atoms with Crippen LogP contribution in [0.5, 0.6) is 0 Å². The number of carbonyl (C=O) groups is 2. The van der Waals surface area contributed by atoms with Gasteiger partial charge in [-0.2, -0.15) is 0 Å². The molecule has 0 saturated heterocycles. The minimum Gasteiger partial charge on any atom is -0.375 e. The van der Waals surface area contributed by atoms with E-state index in [0.717, 1.165) is 34.8 Å². The Morgan fingerprint density at radius 3 is 1.97 bits per heavy atom. The van der Waals surface area contributed by atoms with Crippen LogP contribution in [0.4, 0.5) is 0 Å². The van der Waals surface area contributed by atoms with E-state index >= 15 is 0 Å². The van der Waals surface area contributed by atoms with Crippen molar-refractivity contribution in [2.24, 2.45) is 5.73 Å². The molecule has 8 nitrogen and oxygen atoms in total. The lowest BCUT2D eigenvalue weighted by molar-refractivity contribution is -0.122. The Morgan fingerprint density at radius 1 is 0.868 bits per heavy atom. The summed E-state index contributed by atoms with van der Waals surface area (Å²) in [4.78, 5) is 30.7. The molecule has 0 aliphatic carbocycles. The van der Waals surface area contributed by atoms with Gasteiger partial charge < -0.3 is 29.4 Å². The number of benzene rings is 2. The zero-order valence-corrected chi connectivity index (χ0v) is 22.5. The minimum absolute atomic E-state index is 0.0402. The lowest BCUT2D eigenvalue weighted by Gasteiger charge is -2.22. The highest BCUT2D eigenvalue weighted by Gasteiger charge is 2.29. The molecule has 198 valence electrons. The fourth-order valence-corrected chi connectivity index (χ4v) is 5.47. The molecule has 0 fully saturated rings. The third kappa shape index (κ3) is 4.73. The van der Waals surface area contributed by atoms with E-state index in [1.165, 1.54) is 4.90 Å². The van der Waals surface area contributed by atoms with E-state index in [-0.39, 0.29) is 17.6 Å². The first kappa shape index (κ1) is 25.8. The quantitative estimate of drug-likeness (QED) is 0.453. The third-order valence-electron chi connectivity index (χ3n) is 7.18. The Morgan fingerprint density at radius 2 is 1.42 bits per heavy atom. The SMILES string of the molecule is CN(C)C[C@@H]1CCn2cc(c3ccccc32)/C(C(=O)N(C)C)=C(/C(N)=O)c2cn(c3ccccc23)CCO1. The number of aryl methyl sites for hydroxylation is 1. The summed E-state index contributed by atoms with van der Waals surface area (Å²) in [6.45, 7) is 2.65. The number of likely N-dealkylation sites (N-methyl/N-ethyl adjacent to an activating group) is 2. The fourth-order valence-electron chi connectivity index (χ4n) is 5.47. The molecule has 2 aromatic heterocycles. The second-order valence-electron chi connectivity index (χ2n) is 10.4. The molecular weight excluding hydrogens is 478 g/mol. The Hall–Kier alpha value is -3.88. The molecular formula is C30H35N5O3. The van der Waals surface area contributed by atoms with Crippen LogP contribution < -0.4 is 5.73 Å². The first-order valence-electron chi connectivity index (χ1n) is 12.9. The number of carbonyl (C=O) groups excluding carboxylic acids is 2. The third-order valence-corrected chi connectivity index (χ3v) is 7.18. The predicted molar refractivity (Wildman–Crippen MR) is 151 cm³/mol. The molecule has 2 amide bonds. The fraction of sp³-hybridized carbons (Fsp3) is 0.333. The number of ether oxygens (including phenoxy) is 1. The van der Waals surface area contributed by atoms with Crippen molar-refractivity contribution < 1.29 is 14.3 Å². The van der Waals surface area contributed by atoms with E-state index in [1.807, 2.05) is 60.9 Å². The number of amides is 2. The number of para-hydroxylation sites is 2. The van der Waals surface area contributed by atoms with E-state index < -0.39 is 5.91 Å². The summed E-state index contributed by atoms with van der Waals surface area (Å²) >= 11 is 0. The van der Waals surface area contributed by atoms with E-state index in [0.29, 0.717) is 36.4 Å². The lowest BCUT2D eigenvalue weighted by atomic mass is 9.92. The number of hydrogen-bond acceptors (Lipinski definition) is 4. The van der Waals surface area contributed by atoms with E-state index in [4.69, 9.17) is 10.5 Å². The van der Waals surface area contributed by atoms with Crippen LogP contribution in [0.25, 0.3) is 33.0 Å². The van der Waals surface area contributed by atoms with E-state index in [1.54, 1.807) is 14.1 Å². The van der Waals surface area contributed by atoms with Gasteiger partial charge in [-0.25, -0.2) is 0 Å². The number of hydrogen-bond donors (Lipinski definition) is 1. The molecule has 3 heterocycles. The van der Waals surface area contributed by atoms with Crippen molar-refractivity contribution in [2.45, 2.75) is 25.6 Å². The van der Waals surface area contributed by atoms with Crippen molar-refractivity contribution in [3.63, 3.8) is 0 Å². The van der Waals surface area contributed by atoms with Crippen LogP contribution in [0.2, 0.25) is 0 Å². The van der Waals surface area contributed by atoms with Gasteiger partial charge in [0.05, 0.1) is 23.9 Å². The molecule has 0 radical (unpaired) electrons. The summed E-state index contributed by atoms with van der Waals surface area (Å²) in [5.41, 5.74) is 9.95. The number of nitrogens with zero attached hydrogens (tertiary/aromatic N) is 4. The van der Waals surface area contributed by atoms with Gasteiger partial charge in [0.1, 0.15) is 0 Å². The van der Waals surface area contributed by atoms with Gasteiger partial charge in [-0.05, 0) is 32.6 Å². The normalized spacial score (nSPS) is 18.6. The largest absolute Gasteiger partial charge is 0.375 e. The number of primary amides is 1. The Balaban J connectivity index is 1.85. The van der Waals surface area contributed by atoms with Gasteiger partial charge in [0.2, 0.25) is 5.91 Å². The molecule has 0 spiro atoms. The maximum atomic E-state index is 13.8. The number of nitrogens with two attached hydrogens (primary N) is 1. The smallest absolute Gasteiger partial charge is 0.254 e. The zero-order valence-electron chi connectivity index (χ0n) is 22.5. The molecule has 5 rings (SSSR count).